The molecule has 33 heavy (non-hydrogen) atoms. The predicted molar refractivity (Wildman–Crippen MR) is 120 cm³/mol. The highest BCUT2D eigenvalue weighted by molar-refractivity contribution is 6.38. The molecule has 3 rings (SSSR count). The summed E-state index contributed by atoms with van der Waals surface area (Å²) in [5.74, 6) is -3.27. The fourth-order valence-electron chi connectivity index (χ4n) is 3.78. The molecule has 1 aliphatic carbocycles. The van der Waals surface area contributed by atoms with Crippen LogP contribution in [-0.2, 0) is 19.1 Å². The Hall–Kier alpha value is -3.14. The number of benzene rings is 1. The molecular formula is C22H27ClN4O6. The standard InChI is InChI=1S/C22H27ClN4O6/c1-11-8-12(19(29)25-11)9-17(18(28)21(31)24-2)26-20(30)15-10-13(23)6-7-16(15)27-22(32)33-14-4-3-5-14/h6-7,10-12,14,17H,3-5,8-9H2,1-2H3,(H,24,31)(H,25,29)(H,26,30)(H,27,32)/t11-,12+,17+/m1/s1. The number of Topliss-reactive ketones (excluding diaryl/α,β-unsaturated/α-hetero) is 1. The molecule has 2 fully saturated rings. The van der Waals surface area contributed by atoms with Gasteiger partial charge >= 0.3 is 6.09 Å². The van der Waals surface area contributed by atoms with Crippen LogP contribution in [0.5, 0.6) is 0 Å². The number of nitrogens with one attached hydrogen (secondary N) is 4. The minimum atomic E-state index is -1.24. The van der Waals surface area contributed by atoms with Gasteiger partial charge in [-0.25, -0.2) is 4.79 Å². The van der Waals surface area contributed by atoms with E-state index in [1.165, 1.54) is 25.2 Å². The topological polar surface area (TPSA) is 143 Å². The summed E-state index contributed by atoms with van der Waals surface area (Å²) < 4.78 is 5.26. The molecular weight excluding hydrogens is 452 g/mol. The number of carbonyl (C=O) groups is 5. The molecule has 0 aromatic heterocycles. The number of ether oxygens (including phenoxy) is 1. The highest BCUT2D eigenvalue weighted by Crippen LogP contribution is 2.25. The lowest BCUT2D eigenvalue weighted by Crippen LogP contribution is -2.48. The van der Waals surface area contributed by atoms with Crippen molar-refractivity contribution < 1.29 is 28.7 Å². The molecule has 1 heterocycles. The number of hydrogen-bond donors (Lipinski definition) is 4. The van der Waals surface area contributed by atoms with Gasteiger partial charge in [-0.15, -0.1) is 0 Å². The largest absolute Gasteiger partial charge is 0.446 e. The normalized spacial score (nSPS) is 20.8. The maximum Gasteiger partial charge on any atom is 0.411 e. The first-order valence-electron chi connectivity index (χ1n) is 10.8. The van der Waals surface area contributed by atoms with E-state index in [1.807, 2.05) is 6.92 Å². The number of likely N-dealkylation sites (N-methyl/N-ethyl adjacent to an activating group) is 1. The van der Waals surface area contributed by atoms with Gasteiger partial charge in [-0.3, -0.25) is 24.5 Å². The molecule has 0 unspecified atom stereocenters. The number of amides is 4. The van der Waals surface area contributed by atoms with Crippen molar-refractivity contribution >= 4 is 46.9 Å². The van der Waals surface area contributed by atoms with E-state index in [1.54, 1.807) is 0 Å². The molecule has 1 aromatic carbocycles. The van der Waals surface area contributed by atoms with Crippen LogP contribution in [-0.4, -0.2) is 54.8 Å². The summed E-state index contributed by atoms with van der Waals surface area (Å²) in [6, 6.07) is 2.96. The molecule has 1 aliphatic heterocycles. The summed E-state index contributed by atoms with van der Waals surface area (Å²) in [4.78, 5) is 62.1. The Morgan fingerprint density at radius 1 is 1.24 bits per heavy atom. The minimum absolute atomic E-state index is 0.00740. The molecule has 0 bridgehead atoms. The van der Waals surface area contributed by atoms with E-state index in [4.69, 9.17) is 16.3 Å². The van der Waals surface area contributed by atoms with Gasteiger partial charge in [-0.2, -0.15) is 0 Å². The lowest BCUT2D eigenvalue weighted by atomic mass is 9.93. The number of halogens is 1. The van der Waals surface area contributed by atoms with Crippen LogP contribution in [0.2, 0.25) is 5.02 Å². The number of ketones is 1. The van der Waals surface area contributed by atoms with Crippen LogP contribution in [0.25, 0.3) is 0 Å². The van der Waals surface area contributed by atoms with Gasteiger partial charge in [0, 0.05) is 24.0 Å². The second-order valence-electron chi connectivity index (χ2n) is 8.32. The minimum Gasteiger partial charge on any atom is -0.446 e. The Morgan fingerprint density at radius 2 is 1.97 bits per heavy atom. The van der Waals surface area contributed by atoms with E-state index < -0.39 is 35.7 Å². The van der Waals surface area contributed by atoms with E-state index >= 15 is 0 Å². The second-order valence-corrected chi connectivity index (χ2v) is 8.76. The number of anilines is 1. The van der Waals surface area contributed by atoms with E-state index in [0.717, 1.165) is 19.3 Å². The van der Waals surface area contributed by atoms with Gasteiger partial charge < -0.3 is 20.7 Å². The zero-order valence-corrected chi connectivity index (χ0v) is 19.2. The van der Waals surface area contributed by atoms with E-state index in [2.05, 4.69) is 21.3 Å². The summed E-state index contributed by atoms with van der Waals surface area (Å²) in [6.07, 6.45) is 2.15. The SMILES string of the molecule is CNC(=O)C(=O)[C@H](C[C@@H]1C[C@@H](C)NC1=O)NC(=O)c1cc(Cl)ccc1NC(=O)OC1CCC1. The maximum absolute atomic E-state index is 13.1. The summed E-state index contributed by atoms with van der Waals surface area (Å²) in [6.45, 7) is 1.83. The van der Waals surface area contributed by atoms with Gasteiger partial charge in [0.1, 0.15) is 6.10 Å². The molecule has 1 saturated heterocycles. The molecule has 11 heteroatoms. The van der Waals surface area contributed by atoms with Crippen LogP contribution in [0, 0.1) is 5.92 Å². The van der Waals surface area contributed by atoms with Crippen molar-refractivity contribution in [2.24, 2.45) is 5.92 Å². The highest BCUT2D eigenvalue weighted by Gasteiger charge is 2.36. The fourth-order valence-corrected chi connectivity index (χ4v) is 3.96. The van der Waals surface area contributed by atoms with Crippen LogP contribution >= 0.6 is 11.6 Å². The number of carbonyl (C=O) groups excluding carboxylic acids is 5. The van der Waals surface area contributed by atoms with Crippen LogP contribution < -0.4 is 21.3 Å². The summed E-state index contributed by atoms with van der Waals surface area (Å²) in [5, 5.41) is 10.3. The quantitative estimate of drug-likeness (QED) is 0.419. The van der Waals surface area contributed by atoms with Crippen molar-refractivity contribution in [1.82, 2.24) is 16.0 Å². The Labute approximate surface area is 196 Å². The Bertz CT molecular complexity index is 964. The van der Waals surface area contributed by atoms with Gasteiger partial charge in [0.2, 0.25) is 11.7 Å². The first kappa shape index (κ1) is 24.5. The molecule has 4 amide bonds. The van der Waals surface area contributed by atoms with Crippen LogP contribution in [0.3, 0.4) is 0 Å². The Morgan fingerprint density at radius 3 is 2.55 bits per heavy atom. The maximum atomic E-state index is 13.1. The third-order valence-corrected chi connectivity index (χ3v) is 6.01. The molecule has 2 aliphatic rings. The van der Waals surface area contributed by atoms with E-state index in [9.17, 15) is 24.0 Å². The third-order valence-electron chi connectivity index (χ3n) is 5.78. The third kappa shape index (κ3) is 6.22. The van der Waals surface area contributed by atoms with E-state index in [-0.39, 0.29) is 40.7 Å². The Balaban J connectivity index is 1.78. The number of hydrogen-bond acceptors (Lipinski definition) is 6. The van der Waals surface area contributed by atoms with Crippen molar-refractivity contribution in [1.29, 1.82) is 0 Å². The van der Waals surface area contributed by atoms with Crippen LogP contribution in [0.4, 0.5) is 10.5 Å². The molecule has 1 saturated carbocycles. The van der Waals surface area contributed by atoms with Crippen molar-refractivity contribution in [2.75, 3.05) is 12.4 Å². The second kappa shape index (κ2) is 10.7. The van der Waals surface area contributed by atoms with Gasteiger partial charge in [-0.05, 0) is 57.2 Å². The summed E-state index contributed by atoms with van der Waals surface area (Å²) >= 11 is 6.05. The van der Waals surface area contributed by atoms with Crippen molar-refractivity contribution in [3.63, 3.8) is 0 Å². The van der Waals surface area contributed by atoms with Crippen molar-refractivity contribution in [3.8, 4) is 0 Å². The highest BCUT2D eigenvalue weighted by atomic mass is 35.5. The van der Waals surface area contributed by atoms with Crippen molar-refractivity contribution in [2.45, 2.75) is 57.2 Å². The van der Waals surface area contributed by atoms with Gasteiger partial charge in [0.05, 0.1) is 17.3 Å². The van der Waals surface area contributed by atoms with Gasteiger partial charge in [0.25, 0.3) is 11.8 Å². The smallest absolute Gasteiger partial charge is 0.411 e. The first-order chi connectivity index (χ1) is 15.7. The summed E-state index contributed by atoms with van der Waals surface area (Å²) in [7, 11) is 1.30. The average molecular weight is 479 g/mol. The molecule has 178 valence electrons. The van der Waals surface area contributed by atoms with Crippen molar-refractivity contribution in [3.05, 3.63) is 28.8 Å². The zero-order valence-electron chi connectivity index (χ0n) is 18.4. The monoisotopic (exact) mass is 478 g/mol. The van der Waals surface area contributed by atoms with E-state index in [0.29, 0.717) is 6.42 Å². The van der Waals surface area contributed by atoms with Crippen LogP contribution in [0.1, 0.15) is 49.4 Å². The zero-order chi connectivity index (χ0) is 24.1. The number of rotatable bonds is 8. The molecule has 0 radical (unpaired) electrons. The van der Waals surface area contributed by atoms with Gasteiger partial charge in [0.15, 0.2) is 0 Å². The fraction of sp³-hybridized carbons (Fsp3) is 0.500. The Kier molecular flexibility index (Phi) is 7.91. The molecule has 4 N–H and O–H groups in total. The molecule has 10 nitrogen and oxygen atoms in total. The van der Waals surface area contributed by atoms with Gasteiger partial charge in [-0.1, -0.05) is 11.6 Å². The predicted octanol–water partition coefficient (Wildman–Crippen LogP) is 1.77. The first-order valence-corrected chi connectivity index (χ1v) is 11.2. The lowest BCUT2D eigenvalue weighted by Gasteiger charge is -2.25. The summed E-state index contributed by atoms with van der Waals surface area (Å²) in [5.41, 5.74) is 0.131. The molecule has 0 spiro atoms. The van der Waals surface area contributed by atoms with Crippen LogP contribution in [0.15, 0.2) is 18.2 Å². The average Bonchev–Trinajstić information content (AvgIpc) is 3.06. The molecule has 1 aromatic rings. The molecule has 3 atom stereocenters. The lowest BCUT2D eigenvalue weighted by molar-refractivity contribution is -0.139.